The highest BCUT2D eigenvalue weighted by Crippen LogP contribution is 2.07. The van der Waals surface area contributed by atoms with Gasteiger partial charge < -0.3 is 10.6 Å². The number of anilines is 1. The lowest BCUT2D eigenvalue weighted by Crippen LogP contribution is -2.42. The molecule has 16 heavy (non-hydrogen) atoms. The largest absolute Gasteiger partial charge is 0.309 e. The van der Waals surface area contributed by atoms with Gasteiger partial charge in [0, 0.05) is 11.8 Å². The molecule has 0 saturated heterocycles. The molecule has 1 aromatic rings. The van der Waals surface area contributed by atoms with Crippen LogP contribution < -0.4 is 10.6 Å². The van der Waals surface area contributed by atoms with E-state index in [2.05, 4.69) is 20.6 Å². The Morgan fingerprint density at radius 3 is 2.56 bits per heavy atom. The highest BCUT2D eigenvalue weighted by molar-refractivity contribution is 5.94. The summed E-state index contributed by atoms with van der Waals surface area (Å²) in [5.41, 5.74) is 0.829. The molecule has 0 aliphatic rings. The Balaban J connectivity index is 2.70. The van der Waals surface area contributed by atoms with Gasteiger partial charge in [-0.2, -0.15) is 0 Å². The van der Waals surface area contributed by atoms with Gasteiger partial charge in [-0.3, -0.25) is 4.79 Å². The number of likely N-dealkylation sites (N-methyl/N-ethyl adjacent to an activating group) is 1. The summed E-state index contributed by atoms with van der Waals surface area (Å²) in [4.78, 5) is 19.8. The van der Waals surface area contributed by atoms with E-state index in [-0.39, 0.29) is 17.9 Å². The van der Waals surface area contributed by atoms with Crippen molar-refractivity contribution in [3.05, 3.63) is 18.1 Å². The number of carbonyl (C=O) groups excluding carboxylic acids is 1. The smallest absolute Gasteiger partial charge is 0.242 e. The fourth-order valence-corrected chi connectivity index (χ4v) is 1.49. The van der Waals surface area contributed by atoms with Crippen LogP contribution in [0.3, 0.4) is 0 Å². The van der Waals surface area contributed by atoms with Gasteiger partial charge in [-0.1, -0.05) is 13.8 Å². The molecule has 0 aliphatic heterocycles. The number of hydrogen-bond acceptors (Lipinski definition) is 4. The van der Waals surface area contributed by atoms with E-state index in [1.165, 1.54) is 6.33 Å². The Bertz CT molecular complexity index is 365. The molecule has 0 aliphatic carbocycles. The molecular formula is C11H18N4O. The van der Waals surface area contributed by atoms with E-state index in [0.29, 0.717) is 5.82 Å². The molecule has 0 aromatic carbocycles. The normalized spacial score (nSPS) is 12.6. The Morgan fingerprint density at radius 2 is 2.06 bits per heavy atom. The predicted molar refractivity (Wildman–Crippen MR) is 63.1 cm³/mol. The number of amides is 1. The molecule has 0 fully saturated rings. The van der Waals surface area contributed by atoms with Gasteiger partial charge in [-0.05, 0) is 19.9 Å². The average molecular weight is 222 g/mol. The van der Waals surface area contributed by atoms with Gasteiger partial charge >= 0.3 is 0 Å². The molecule has 0 saturated carbocycles. The third kappa shape index (κ3) is 3.27. The molecule has 0 radical (unpaired) electrons. The maximum atomic E-state index is 11.9. The van der Waals surface area contributed by atoms with Gasteiger partial charge in [0.2, 0.25) is 5.91 Å². The van der Waals surface area contributed by atoms with Crippen molar-refractivity contribution in [3.8, 4) is 0 Å². The molecule has 0 spiro atoms. The van der Waals surface area contributed by atoms with Crippen LogP contribution in [0.1, 0.15) is 19.5 Å². The van der Waals surface area contributed by atoms with Crippen LogP contribution in [0.5, 0.6) is 0 Å². The highest BCUT2D eigenvalue weighted by atomic mass is 16.2. The molecule has 1 heterocycles. The van der Waals surface area contributed by atoms with E-state index in [4.69, 9.17) is 0 Å². The van der Waals surface area contributed by atoms with Crippen LogP contribution in [-0.2, 0) is 4.79 Å². The quantitative estimate of drug-likeness (QED) is 0.796. The predicted octanol–water partition coefficient (Wildman–Crippen LogP) is 0.968. The number of nitrogens with zero attached hydrogens (tertiary/aromatic N) is 2. The van der Waals surface area contributed by atoms with Gasteiger partial charge in [0.25, 0.3) is 0 Å². The molecule has 1 atom stereocenters. The molecule has 88 valence electrons. The summed E-state index contributed by atoms with van der Waals surface area (Å²) in [5, 5.41) is 5.74. The Kier molecular flexibility index (Phi) is 4.37. The summed E-state index contributed by atoms with van der Waals surface area (Å²) >= 11 is 0. The second-order valence-corrected chi connectivity index (χ2v) is 4.04. The SMILES string of the molecule is CNC(C(=O)Nc1cc(C)ncn1)C(C)C. The number of carbonyl (C=O) groups is 1. The van der Waals surface area contributed by atoms with Crippen molar-refractivity contribution < 1.29 is 4.79 Å². The van der Waals surface area contributed by atoms with Gasteiger partial charge in [0.15, 0.2) is 0 Å². The highest BCUT2D eigenvalue weighted by Gasteiger charge is 2.20. The Morgan fingerprint density at radius 1 is 1.38 bits per heavy atom. The average Bonchev–Trinajstić information content (AvgIpc) is 2.17. The summed E-state index contributed by atoms with van der Waals surface area (Å²) in [6.45, 7) is 5.84. The first kappa shape index (κ1) is 12.6. The third-order valence-corrected chi connectivity index (χ3v) is 2.32. The number of aromatic nitrogens is 2. The van der Waals surface area contributed by atoms with Crippen molar-refractivity contribution in [1.82, 2.24) is 15.3 Å². The molecule has 1 rings (SSSR count). The summed E-state index contributed by atoms with van der Waals surface area (Å²) in [6, 6.07) is 1.53. The van der Waals surface area contributed by atoms with E-state index >= 15 is 0 Å². The molecule has 5 nitrogen and oxygen atoms in total. The van der Waals surface area contributed by atoms with Crippen molar-refractivity contribution in [2.75, 3.05) is 12.4 Å². The lowest BCUT2D eigenvalue weighted by Gasteiger charge is -2.18. The van der Waals surface area contributed by atoms with Crippen LogP contribution in [0, 0.1) is 12.8 Å². The third-order valence-electron chi connectivity index (χ3n) is 2.32. The molecule has 1 unspecified atom stereocenters. The summed E-state index contributed by atoms with van der Waals surface area (Å²) in [6.07, 6.45) is 1.44. The minimum absolute atomic E-state index is 0.0735. The summed E-state index contributed by atoms with van der Waals surface area (Å²) < 4.78 is 0. The van der Waals surface area contributed by atoms with Crippen molar-refractivity contribution in [3.63, 3.8) is 0 Å². The van der Waals surface area contributed by atoms with Crippen LogP contribution in [0.15, 0.2) is 12.4 Å². The minimum atomic E-state index is -0.213. The molecule has 0 bridgehead atoms. The lowest BCUT2D eigenvalue weighted by atomic mass is 10.0. The van der Waals surface area contributed by atoms with Crippen LogP contribution in [-0.4, -0.2) is 29.0 Å². The number of nitrogens with one attached hydrogen (secondary N) is 2. The first-order valence-corrected chi connectivity index (χ1v) is 5.31. The maximum Gasteiger partial charge on any atom is 0.242 e. The fraction of sp³-hybridized carbons (Fsp3) is 0.545. The summed E-state index contributed by atoms with van der Waals surface area (Å²) in [7, 11) is 1.77. The van der Waals surface area contributed by atoms with Crippen LogP contribution >= 0.6 is 0 Å². The van der Waals surface area contributed by atoms with E-state index in [9.17, 15) is 4.79 Å². The van der Waals surface area contributed by atoms with E-state index < -0.39 is 0 Å². The van der Waals surface area contributed by atoms with Crippen molar-refractivity contribution >= 4 is 11.7 Å². The zero-order valence-electron chi connectivity index (χ0n) is 10.1. The van der Waals surface area contributed by atoms with Gasteiger partial charge in [0.05, 0.1) is 6.04 Å². The molecule has 2 N–H and O–H groups in total. The van der Waals surface area contributed by atoms with E-state index in [0.717, 1.165) is 5.69 Å². The van der Waals surface area contributed by atoms with Crippen LogP contribution in [0.25, 0.3) is 0 Å². The van der Waals surface area contributed by atoms with Crippen molar-refractivity contribution in [2.24, 2.45) is 5.92 Å². The summed E-state index contributed by atoms with van der Waals surface area (Å²) in [5.74, 6) is 0.696. The van der Waals surface area contributed by atoms with Crippen molar-refractivity contribution in [2.45, 2.75) is 26.8 Å². The first-order chi connectivity index (χ1) is 7.54. The maximum absolute atomic E-state index is 11.9. The van der Waals surface area contributed by atoms with E-state index in [1.54, 1.807) is 13.1 Å². The zero-order chi connectivity index (χ0) is 12.1. The number of hydrogen-bond donors (Lipinski definition) is 2. The zero-order valence-corrected chi connectivity index (χ0v) is 10.1. The van der Waals surface area contributed by atoms with Gasteiger partial charge in [0.1, 0.15) is 12.1 Å². The molecule has 5 heteroatoms. The first-order valence-electron chi connectivity index (χ1n) is 5.31. The Hall–Kier alpha value is -1.49. The molecule has 1 aromatic heterocycles. The minimum Gasteiger partial charge on any atom is -0.309 e. The van der Waals surface area contributed by atoms with Gasteiger partial charge in [-0.15, -0.1) is 0 Å². The fourth-order valence-electron chi connectivity index (χ4n) is 1.49. The standard InChI is InChI=1S/C11H18N4O/c1-7(2)10(12-4)11(16)15-9-5-8(3)13-6-14-9/h5-7,10,12H,1-4H3,(H,13,14,15,16). The topological polar surface area (TPSA) is 66.9 Å². The second-order valence-electron chi connectivity index (χ2n) is 4.04. The monoisotopic (exact) mass is 222 g/mol. The van der Waals surface area contributed by atoms with Gasteiger partial charge in [-0.25, -0.2) is 9.97 Å². The van der Waals surface area contributed by atoms with E-state index in [1.807, 2.05) is 20.8 Å². The molecular weight excluding hydrogens is 204 g/mol. The van der Waals surface area contributed by atoms with Crippen LogP contribution in [0.4, 0.5) is 5.82 Å². The second kappa shape index (κ2) is 5.55. The molecule has 1 amide bonds. The lowest BCUT2D eigenvalue weighted by molar-refractivity contribution is -0.119. The van der Waals surface area contributed by atoms with Crippen LogP contribution in [0.2, 0.25) is 0 Å². The number of aryl methyl sites for hydroxylation is 1. The Labute approximate surface area is 95.7 Å². The van der Waals surface area contributed by atoms with Crippen molar-refractivity contribution in [1.29, 1.82) is 0 Å². The number of rotatable bonds is 4.